The summed E-state index contributed by atoms with van der Waals surface area (Å²) in [5.41, 5.74) is -2.41. The number of aliphatic hydroxyl groups is 1. The minimum Gasteiger partial charge on any atom is -0.481 e. The van der Waals surface area contributed by atoms with Crippen LogP contribution in [0.5, 0.6) is 0 Å². The number of carboxylic acids is 1. The number of methoxy groups -OCH3 is 1. The zero-order valence-corrected chi connectivity index (χ0v) is 10.4. The molecule has 2 aliphatic rings. The number of rotatable bonds is 4. The summed E-state index contributed by atoms with van der Waals surface area (Å²) in [5, 5.41) is 23.6. The number of hydrogen-bond donors (Lipinski definition) is 3. The van der Waals surface area contributed by atoms with E-state index in [2.05, 4.69) is 5.32 Å². The Morgan fingerprint density at radius 3 is 2.41 bits per heavy atom. The summed E-state index contributed by atoms with van der Waals surface area (Å²) in [6, 6.07) is 0.489. The van der Waals surface area contributed by atoms with E-state index < -0.39 is 17.0 Å². The highest BCUT2D eigenvalue weighted by atomic mass is 16.5. The third-order valence-corrected chi connectivity index (χ3v) is 4.44. The second-order valence-electron chi connectivity index (χ2n) is 5.65. The fourth-order valence-corrected chi connectivity index (χ4v) is 3.26. The Labute approximate surface area is 101 Å². The Balaban J connectivity index is 2.25. The molecular weight excluding hydrogens is 222 g/mol. The van der Waals surface area contributed by atoms with Gasteiger partial charge in [0.2, 0.25) is 0 Å². The van der Waals surface area contributed by atoms with Crippen LogP contribution in [0.1, 0.15) is 32.6 Å². The zero-order chi connectivity index (χ0) is 12.7. The average molecular weight is 243 g/mol. The van der Waals surface area contributed by atoms with Crippen molar-refractivity contribution in [3.05, 3.63) is 0 Å². The van der Waals surface area contributed by atoms with Crippen LogP contribution >= 0.6 is 0 Å². The maximum absolute atomic E-state index is 11.5. The normalized spacial score (nSPS) is 39.9. The first kappa shape index (κ1) is 12.8. The van der Waals surface area contributed by atoms with Crippen molar-refractivity contribution in [3.8, 4) is 0 Å². The van der Waals surface area contributed by atoms with E-state index in [0.29, 0.717) is 12.8 Å². The SMILES string of the molecule is COCC(C)(C(=O)O)C1(O)CC2CCC(C1)N2. The summed E-state index contributed by atoms with van der Waals surface area (Å²) in [6.45, 7) is 1.63. The summed E-state index contributed by atoms with van der Waals surface area (Å²) in [4.78, 5) is 11.5. The van der Waals surface area contributed by atoms with E-state index >= 15 is 0 Å². The van der Waals surface area contributed by atoms with Crippen LogP contribution in [0.15, 0.2) is 0 Å². The molecule has 3 unspecified atom stereocenters. The van der Waals surface area contributed by atoms with Crippen molar-refractivity contribution in [3.63, 3.8) is 0 Å². The zero-order valence-electron chi connectivity index (χ0n) is 10.4. The number of piperidine rings is 1. The van der Waals surface area contributed by atoms with Crippen molar-refractivity contribution < 1.29 is 19.7 Å². The predicted octanol–water partition coefficient (Wildman–Crippen LogP) is 0.369. The summed E-state index contributed by atoms with van der Waals surface area (Å²) < 4.78 is 5.02. The molecule has 0 aromatic heterocycles. The molecule has 0 aromatic carbocycles. The number of ether oxygens (including phenoxy) is 1. The lowest BCUT2D eigenvalue weighted by molar-refractivity contribution is -0.181. The molecule has 2 rings (SSSR count). The quantitative estimate of drug-likeness (QED) is 0.665. The van der Waals surface area contributed by atoms with Crippen molar-refractivity contribution >= 4 is 5.97 Å². The van der Waals surface area contributed by atoms with E-state index in [9.17, 15) is 15.0 Å². The Morgan fingerprint density at radius 1 is 1.47 bits per heavy atom. The molecule has 5 nitrogen and oxygen atoms in total. The monoisotopic (exact) mass is 243 g/mol. The van der Waals surface area contributed by atoms with E-state index in [0.717, 1.165) is 12.8 Å². The van der Waals surface area contributed by atoms with Gasteiger partial charge in [-0.25, -0.2) is 0 Å². The van der Waals surface area contributed by atoms with Gasteiger partial charge in [0.25, 0.3) is 0 Å². The number of hydrogen-bond acceptors (Lipinski definition) is 4. The summed E-state index contributed by atoms with van der Waals surface area (Å²) >= 11 is 0. The second kappa shape index (κ2) is 4.23. The van der Waals surface area contributed by atoms with E-state index in [4.69, 9.17) is 4.74 Å². The highest BCUT2D eigenvalue weighted by molar-refractivity contribution is 5.76. The molecule has 98 valence electrons. The molecule has 0 spiro atoms. The summed E-state index contributed by atoms with van der Waals surface area (Å²) in [6.07, 6.45) is 3.04. The van der Waals surface area contributed by atoms with Gasteiger partial charge in [0.1, 0.15) is 5.41 Å². The molecule has 0 saturated carbocycles. The number of carboxylic acid groups (broad SMARTS) is 1. The molecule has 2 fully saturated rings. The average Bonchev–Trinajstić information content (AvgIpc) is 2.58. The minimum atomic E-state index is -1.23. The number of carbonyl (C=O) groups is 1. The van der Waals surface area contributed by atoms with Crippen molar-refractivity contribution in [2.75, 3.05) is 13.7 Å². The van der Waals surface area contributed by atoms with Gasteiger partial charge < -0.3 is 20.3 Å². The smallest absolute Gasteiger partial charge is 0.314 e. The number of aliphatic carboxylic acids is 1. The van der Waals surface area contributed by atoms with Gasteiger partial charge in [-0.3, -0.25) is 4.79 Å². The summed E-state index contributed by atoms with van der Waals surface area (Å²) in [5.74, 6) is -0.983. The van der Waals surface area contributed by atoms with E-state index in [1.165, 1.54) is 7.11 Å². The van der Waals surface area contributed by atoms with Crippen LogP contribution < -0.4 is 5.32 Å². The highest BCUT2D eigenvalue weighted by Crippen LogP contribution is 2.45. The first-order valence-electron chi connectivity index (χ1n) is 6.12. The molecule has 17 heavy (non-hydrogen) atoms. The Morgan fingerprint density at radius 2 is 2.00 bits per heavy atom. The largest absolute Gasteiger partial charge is 0.481 e. The Bertz CT molecular complexity index is 308. The van der Waals surface area contributed by atoms with Crippen LogP contribution in [0.25, 0.3) is 0 Å². The van der Waals surface area contributed by atoms with Crippen LogP contribution in [0.4, 0.5) is 0 Å². The molecule has 2 bridgehead atoms. The topological polar surface area (TPSA) is 78.8 Å². The lowest BCUT2D eigenvalue weighted by atomic mass is 9.67. The van der Waals surface area contributed by atoms with Gasteiger partial charge >= 0.3 is 5.97 Å². The predicted molar refractivity (Wildman–Crippen MR) is 61.7 cm³/mol. The first-order valence-corrected chi connectivity index (χ1v) is 6.12. The van der Waals surface area contributed by atoms with Gasteiger partial charge in [0.05, 0.1) is 12.2 Å². The maximum atomic E-state index is 11.5. The van der Waals surface area contributed by atoms with Gasteiger partial charge in [-0.15, -0.1) is 0 Å². The van der Waals surface area contributed by atoms with Gasteiger partial charge in [0, 0.05) is 19.2 Å². The highest BCUT2D eigenvalue weighted by Gasteiger charge is 2.57. The lowest BCUT2D eigenvalue weighted by Crippen LogP contribution is -2.61. The van der Waals surface area contributed by atoms with Crippen LogP contribution in [-0.4, -0.2) is 47.6 Å². The molecule has 0 aliphatic carbocycles. The van der Waals surface area contributed by atoms with Crippen LogP contribution in [0, 0.1) is 5.41 Å². The minimum absolute atomic E-state index is 0.0400. The molecule has 0 amide bonds. The van der Waals surface area contributed by atoms with Gasteiger partial charge in [-0.05, 0) is 32.6 Å². The molecule has 5 heteroatoms. The molecule has 3 N–H and O–H groups in total. The molecule has 2 aliphatic heterocycles. The molecule has 0 aromatic rings. The van der Waals surface area contributed by atoms with Crippen LogP contribution in [0.3, 0.4) is 0 Å². The fraction of sp³-hybridized carbons (Fsp3) is 0.917. The van der Waals surface area contributed by atoms with Gasteiger partial charge in [-0.2, -0.15) is 0 Å². The molecule has 2 saturated heterocycles. The Kier molecular flexibility index (Phi) is 3.18. The summed E-state index contributed by atoms with van der Waals surface area (Å²) in [7, 11) is 1.47. The molecule has 0 radical (unpaired) electrons. The lowest BCUT2D eigenvalue weighted by Gasteiger charge is -2.46. The molecular formula is C12H21NO4. The Hall–Kier alpha value is -0.650. The van der Waals surface area contributed by atoms with Crippen molar-refractivity contribution in [1.29, 1.82) is 0 Å². The van der Waals surface area contributed by atoms with E-state index in [1.807, 2.05) is 0 Å². The first-order chi connectivity index (χ1) is 7.91. The molecule has 2 heterocycles. The molecule has 3 atom stereocenters. The second-order valence-corrected chi connectivity index (χ2v) is 5.65. The van der Waals surface area contributed by atoms with Gasteiger partial charge in [0.15, 0.2) is 0 Å². The van der Waals surface area contributed by atoms with Crippen molar-refractivity contribution in [2.45, 2.75) is 50.3 Å². The van der Waals surface area contributed by atoms with Crippen LogP contribution in [0.2, 0.25) is 0 Å². The maximum Gasteiger partial charge on any atom is 0.314 e. The van der Waals surface area contributed by atoms with E-state index in [-0.39, 0.29) is 18.7 Å². The number of fused-ring (bicyclic) bond motifs is 2. The van der Waals surface area contributed by atoms with E-state index in [1.54, 1.807) is 6.92 Å². The number of nitrogens with one attached hydrogen (secondary N) is 1. The van der Waals surface area contributed by atoms with Crippen molar-refractivity contribution in [2.24, 2.45) is 5.41 Å². The fourth-order valence-electron chi connectivity index (χ4n) is 3.26. The standard InChI is InChI=1S/C12H21NO4/c1-11(7-17-2,10(14)15)12(16)5-8-3-4-9(6-12)13-8/h8-9,13,16H,3-7H2,1-2H3,(H,14,15). The van der Waals surface area contributed by atoms with Crippen molar-refractivity contribution in [1.82, 2.24) is 5.32 Å². The van der Waals surface area contributed by atoms with Gasteiger partial charge in [-0.1, -0.05) is 0 Å². The van der Waals surface area contributed by atoms with Crippen LogP contribution in [-0.2, 0) is 9.53 Å². The third kappa shape index (κ3) is 1.96. The third-order valence-electron chi connectivity index (χ3n) is 4.44.